The van der Waals surface area contributed by atoms with Gasteiger partial charge in [-0.15, -0.1) is 0 Å². The van der Waals surface area contributed by atoms with E-state index in [4.69, 9.17) is 4.74 Å². The molecule has 104 valence electrons. The highest BCUT2D eigenvalue weighted by molar-refractivity contribution is 5.75. The van der Waals surface area contributed by atoms with Crippen molar-refractivity contribution in [3.63, 3.8) is 0 Å². The number of pyridine rings is 1. The van der Waals surface area contributed by atoms with Crippen LogP contribution in [0.4, 0.5) is 5.69 Å². The van der Waals surface area contributed by atoms with Gasteiger partial charge in [-0.3, -0.25) is 24.3 Å². The zero-order valence-corrected chi connectivity index (χ0v) is 10.7. The molecule has 0 aliphatic carbocycles. The number of hydrogen-bond donors (Lipinski definition) is 1. The Balaban J connectivity index is 2.85. The summed E-state index contributed by atoms with van der Waals surface area (Å²) in [4.78, 5) is 33.4. The topological polar surface area (TPSA) is 103 Å². The first-order valence-corrected chi connectivity index (χ1v) is 5.57. The highest BCUT2D eigenvalue weighted by atomic mass is 16.6. The number of rotatable bonds is 6. The van der Waals surface area contributed by atoms with Crippen molar-refractivity contribution in [3.05, 3.63) is 38.3 Å². The van der Waals surface area contributed by atoms with Crippen LogP contribution in [0.5, 0.6) is 0 Å². The van der Waals surface area contributed by atoms with Crippen molar-refractivity contribution >= 4 is 11.6 Å². The molecule has 1 N–H and O–H groups in total. The summed E-state index contributed by atoms with van der Waals surface area (Å²) in [6.45, 7) is 1.88. The van der Waals surface area contributed by atoms with Crippen molar-refractivity contribution in [2.45, 2.75) is 13.5 Å². The summed E-state index contributed by atoms with van der Waals surface area (Å²) in [6, 6.07) is 1.18. The summed E-state index contributed by atoms with van der Waals surface area (Å²) in [6.07, 6.45) is 1.06. The van der Waals surface area contributed by atoms with Crippen molar-refractivity contribution in [3.8, 4) is 0 Å². The number of amides is 1. The van der Waals surface area contributed by atoms with E-state index in [9.17, 15) is 19.7 Å². The van der Waals surface area contributed by atoms with Crippen LogP contribution in [0.25, 0.3) is 0 Å². The number of nitrogens with one attached hydrogen (secondary N) is 1. The largest absolute Gasteiger partial charge is 0.383 e. The molecule has 8 nitrogen and oxygen atoms in total. The maximum atomic E-state index is 11.7. The fourth-order valence-corrected chi connectivity index (χ4v) is 1.49. The summed E-state index contributed by atoms with van der Waals surface area (Å²) in [7, 11) is 1.50. The van der Waals surface area contributed by atoms with Crippen LogP contribution < -0.4 is 10.9 Å². The Hall–Kier alpha value is -2.22. The number of nitro groups is 1. The third-order valence-electron chi connectivity index (χ3n) is 2.40. The lowest BCUT2D eigenvalue weighted by atomic mass is 10.3. The predicted molar refractivity (Wildman–Crippen MR) is 67.0 cm³/mol. The minimum atomic E-state index is -0.605. The molecule has 1 aromatic rings. The second kappa shape index (κ2) is 6.64. The van der Waals surface area contributed by atoms with Gasteiger partial charge in [0.25, 0.3) is 11.2 Å². The highest BCUT2D eigenvalue weighted by Gasteiger charge is 2.13. The first-order chi connectivity index (χ1) is 8.95. The molecule has 0 bridgehead atoms. The second-order valence-corrected chi connectivity index (χ2v) is 3.91. The molecule has 0 saturated carbocycles. The van der Waals surface area contributed by atoms with Gasteiger partial charge in [-0.1, -0.05) is 0 Å². The van der Waals surface area contributed by atoms with Crippen LogP contribution in [0.3, 0.4) is 0 Å². The predicted octanol–water partition coefficient (Wildman–Crippen LogP) is -0.172. The molecule has 19 heavy (non-hydrogen) atoms. The van der Waals surface area contributed by atoms with Crippen LogP contribution in [-0.2, 0) is 16.1 Å². The van der Waals surface area contributed by atoms with Crippen LogP contribution in [-0.4, -0.2) is 35.7 Å². The maximum Gasteiger partial charge on any atom is 0.286 e. The zero-order chi connectivity index (χ0) is 14.4. The molecule has 1 aromatic heterocycles. The van der Waals surface area contributed by atoms with E-state index in [1.807, 2.05) is 0 Å². The van der Waals surface area contributed by atoms with Crippen LogP contribution in [0, 0.1) is 17.0 Å². The van der Waals surface area contributed by atoms with Crippen LogP contribution in [0.2, 0.25) is 0 Å². The fraction of sp³-hybridized carbons (Fsp3) is 0.455. The molecule has 0 aliphatic heterocycles. The fourth-order valence-electron chi connectivity index (χ4n) is 1.49. The number of aryl methyl sites for hydroxylation is 1. The van der Waals surface area contributed by atoms with E-state index in [1.165, 1.54) is 20.1 Å². The molecule has 0 saturated heterocycles. The number of aromatic nitrogens is 1. The van der Waals surface area contributed by atoms with Crippen LogP contribution in [0.15, 0.2) is 17.1 Å². The van der Waals surface area contributed by atoms with E-state index in [0.29, 0.717) is 13.2 Å². The van der Waals surface area contributed by atoms with Gasteiger partial charge < -0.3 is 10.1 Å². The summed E-state index contributed by atoms with van der Waals surface area (Å²) in [5.74, 6) is -0.404. The lowest BCUT2D eigenvalue weighted by molar-refractivity contribution is -0.385. The normalized spacial score (nSPS) is 10.2. The van der Waals surface area contributed by atoms with Gasteiger partial charge in [0, 0.05) is 25.3 Å². The number of methoxy groups -OCH3 is 1. The Morgan fingerprint density at radius 1 is 1.58 bits per heavy atom. The Morgan fingerprint density at radius 3 is 2.84 bits per heavy atom. The minimum Gasteiger partial charge on any atom is -0.383 e. The van der Waals surface area contributed by atoms with Crippen molar-refractivity contribution in [1.82, 2.24) is 9.88 Å². The molecular weight excluding hydrogens is 254 g/mol. The number of ether oxygens (including phenoxy) is 1. The molecule has 0 aromatic carbocycles. The van der Waals surface area contributed by atoms with Gasteiger partial charge in [-0.25, -0.2) is 0 Å². The Morgan fingerprint density at radius 2 is 2.26 bits per heavy atom. The average molecular weight is 269 g/mol. The van der Waals surface area contributed by atoms with Crippen LogP contribution >= 0.6 is 0 Å². The molecule has 0 fully saturated rings. The van der Waals surface area contributed by atoms with Gasteiger partial charge in [0.1, 0.15) is 6.54 Å². The van der Waals surface area contributed by atoms with Crippen molar-refractivity contribution in [2.24, 2.45) is 0 Å². The molecule has 0 radical (unpaired) electrons. The standard InChI is InChI=1S/C11H15N3O5/c1-8-5-9(14(17)18)6-13(11(8)16)7-10(15)12-3-4-19-2/h5-6H,3-4,7H2,1-2H3,(H,12,15). The van der Waals surface area contributed by atoms with Gasteiger partial charge in [0.05, 0.1) is 17.7 Å². The second-order valence-electron chi connectivity index (χ2n) is 3.91. The average Bonchev–Trinajstić information content (AvgIpc) is 2.34. The lowest BCUT2D eigenvalue weighted by Gasteiger charge is -2.07. The van der Waals surface area contributed by atoms with E-state index in [1.54, 1.807) is 0 Å². The minimum absolute atomic E-state index is 0.221. The van der Waals surface area contributed by atoms with Gasteiger partial charge >= 0.3 is 0 Å². The Labute approximate surface area is 109 Å². The SMILES string of the molecule is COCCNC(=O)Cn1cc([N+](=O)[O-])cc(C)c1=O. The summed E-state index contributed by atoms with van der Waals surface area (Å²) in [5, 5.41) is 13.2. The molecule has 1 heterocycles. The zero-order valence-electron chi connectivity index (χ0n) is 10.7. The Bertz CT molecular complexity index is 538. The van der Waals surface area contributed by atoms with Gasteiger partial charge in [0.15, 0.2) is 0 Å². The van der Waals surface area contributed by atoms with E-state index in [2.05, 4.69) is 5.32 Å². The summed E-state index contributed by atoms with van der Waals surface area (Å²) < 4.78 is 5.79. The van der Waals surface area contributed by atoms with E-state index >= 15 is 0 Å². The number of carbonyl (C=O) groups is 1. The first kappa shape index (κ1) is 14.8. The molecule has 0 aliphatic rings. The number of hydrogen-bond acceptors (Lipinski definition) is 5. The van der Waals surface area contributed by atoms with Crippen molar-refractivity contribution < 1.29 is 14.5 Å². The highest BCUT2D eigenvalue weighted by Crippen LogP contribution is 2.09. The lowest BCUT2D eigenvalue weighted by Crippen LogP contribution is -2.34. The molecule has 1 amide bonds. The molecule has 0 atom stereocenters. The van der Waals surface area contributed by atoms with Crippen molar-refractivity contribution in [1.29, 1.82) is 0 Å². The quantitative estimate of drug-likeness (QED) is 0.438. The number of nitrogens with zero attached hydrogens (tertiary/aromatic N) is 2. The molecular formula is C11H15N3O5. The maximum absolute atomic E-state index is 11.7. The van der Waals surface area contributed by atoms with Gasteiger partial charge in [-0.2, -0.15) is 0 Å². The van der Waals surface area contributed by atoms with Crippen molar-refractivity contribution in [2.75, 3.05) is 20.3 Å². The first-order valence-electron chi connectivity index (χ1n) is 5.57. The summed E-state index contributed by atoms with van der Waals surface area (Å²) >= 11 is 0. The van der Waals surface area contributed by atoms with E-state index < -0.39 is 16.4 Å². The molecule has 0 spiro atoms. The van der Waals surface area contributed by atoms with Crippen LogP contribution in [0.1, 0.15) is 5.56 Å². The summed E-state index contributed by atoms with van der Waals surface area (Å²) in [5.41, 5.74) is -0.423. The Kier molecular flexibility index (Phi) is 5.19. The number of carbonyl (C=O) groups excluding carboxylic acids is 1. The third-order valence-corrected chi connectivity index (χ3v) is 2.40. The monoisotopic (exact) mass is 269 g/mol. The van der Waals surface area contributed by atoms with E-state index in [0.717, 1.165) is 10.8 Å². The molecule has 1 rings (SSSR count). The van der Waals surface area contributed by atoms with Gasteiger partial charge in [0.2, 0.25) is 5.91 Å². The van der Waals surface area contributed by atoms with E-state index in [-0.39, 0.29) is 17.8 Å². The molecule has 0 unspecified atom stereocenters. The molecule has 8 heteroatoms. The third kappa shape index (κ3) is 4.18. The smallest absolute Gasteiger partial charge is 0.286 e. The van der Waals surface area contributed by atoms with Gasteiger partial charge in [-0.05, 0) is 6.92 Å².